The molecule has 0 bridgehead atoms. The van der Waals surface area contributed by atoms with Crippen molar-refractivity contribution < 1.29 is 0 Å². The average Bonchev–Trinajstić information content (AvgIpc) is 2.68. The summed E-state index contributed by atoms with van der Waals surface area (Å²) >= 11 is 6.12. The van der Waals surface area contributed by atoms with Crippen LogP contribution in [-0.4, -0.2) is 36.1 Å². The van der Waals surface area contributed by atoms with E-state index in [1.807, 2.05) is 42.6 Å². The molecule has 3 aromatic rings. The van der Waals surface area contributed by atoms with E-state index in [1.165, 1.54) is 11.3 Å². The molecule has 0 saturated carbocycles. The van der Waals surface area contributed by atoms with Gasteiger partial charge >= 0.3 is 0 Å². The SMILES string of the molecule is Cc1cccc(Nc2nccc(N3CCN(c4cccc(Cl)c4)CC3)n2)c1. The van der Waals surface area contributed by atoms with Gasteiger partial charge in [0.2, 0.25) is 5.95 Å². The fourth-order valence-corrected chi connectivity index (χ4v) is 3.49. The van der Waals surface area contributed by atoms with Gasteiger partial charge in [-0.05, 0) is 48.9 Å². The summed E-state index contributed by atoms with van der Waals surface area (Å²) in [6.07, 6.45) is 1.81. The molecule has 0 radical (unpaired) electrons. The molecule has 138 valence electrons. The average molecular weight is 380 g/mol. The van der Waals surface area contributed by atoms with Gasteiger partial charge in [-0.3, -0.25) is 0 Å². The fraction of sp³-hybridized carbons (Fsp3) is 0.238. The monoisotopic (exact) mass is 379 g/mol. The first-order valence-corrected chi connectivity index (χ1v) is 9.47. The maximum atomic E-state index is 6.12. The highest BCUT2D eigenvalue weighted by molar-refractivity contribution is 6.30. The zero-order valence-electron chi connectivity index (χ0n) is 15.3. The number of aromatic nitrogens is 2. The van der Waals surface area contributed by atoms with Gasteiger partial charge in [0, 0.05) is 48.8 Å². The van der Waals surface area contributed by atoms with Gasteiger partial charge in [0.15, 0.2) is 0 Å². The molecule has 2 heterocycles. The van der Waals surface area contributed by atoms with E-state index in [1.54, 1.807) is 0 Å². The molecule has 5 nitrogen and oxygen atoms in total. The summed E-state index contributed by atoms with van der Waals surface area (Å²) in [6.45, 7) is 5.76. The van der Waals surface area contributed by atoms with Crippen LogP contribution < -0.4 is 15.1 Å². The second-order valence-electron chi connectivity index (χ2n) is 6.69. The van der Waals surface area contributed by atoms with E-state index in [4.69, 9.17) is 16.6 Å². The van der Waals surface area contributed by atoms with Crippen LogP contribution >= 0.6 is 11.6 Å². The van der Waals surface area contributed by atoms with Crippen LogP contribution in [0.15, 0.2) is 60.8 Å². The van der Waals surface area contributed by atoms with E-state index < -0.39 is 0 Å². The molecular weight excluding hydrogens is 358 g/mol. The zero-order chi connectivity index (χ0) is 18.6. The Hall–Kier alpha value is -2.79. The van der Waals surface area contributed by atoms with Crippen molar-refractivity contribution in [2.24, 2.45) is 0 Å². The molecule has 1 aliphatic rings. The first-order chi connectivity index (χ1) is 13.2. The number of anilines is 4. The molecule has 0 aliphatic carbocycles. The third kappa shape index (κ3) is 4.31. The Morgan fingerprint density at radius 2 is 1.70 bits per heavy atom. The fourth-order valence-electron chi connectivity index (χ4n) is 3.30. The summed E-state index contributed by atoms with van der Waals surface area (Å²) < 4.78 is 0. The van der Waals surface area contributed by atoms with Crippen molar-refractivity contribution in [3.8, 4) is 0 Å². The van der Waals surface area contributed by atoms with E-state index in [0.29, 0.717) is 5.95 Å². The summed E-state index contributed by atoms with van der Waals surface area (Å²) in [5.41, 5.74) is 3.37. The molecule has 6 heteroatoms. The van der Waals surface area contributed by atoms with E-state index in [9.17, 15) is 0 Å². The number of hydrogen-bond acceptors (Lipinski definition) is 5. The summed E-state index contributed by atoms with van der Waals surface area (Å²) in [5, 5.41) is 4.07. The largest absolute Gasteiger partial charge is 0.368 e. The maximum absolute atomic E-state index is 6.12. The predicted octanol–water partition coefficient (Wildman–Crippen LogP) is 4.51. The Kier molecular flexibility index (Phi) is 5.12. The topological polar surface area (TPSA) is 44.3 Å². The van der Waals surface area contributed by atoms with Crippen LogP contribution in [-0.2, 0) is 0 Å². The Labute approximate surface area is 164 Å². The van der Waals surface area contributed by atoms with Gasteiger partial charge in [-0.1, -0.05) is 29.8 Å². The van der Waals surface area contributed by atoms with Crippen molar-refractivity contribution in [3.63, 3.8) is 0 Å². The van der Waals surface area contributed by atoms with Gasteiger partial charge < -0.3 is 15.1 Å². The van der Waals surface area contributed by atoms with Crippen molar-refractivity contribution in [1.82, 2.24) is 9.97 Å². The van der Waals surface area contributed by atoms with Crippen molar-refractivity contribution in [2.45, 2.75) is 6.92 Å². The molecule has 1 aliphatic heterocycles. The zero-order valence-corrected chi connectivity index (χ0v) is 16.0. The first kappa shape index (κ1) is 17.6. The number of rotatable bonds is 4. The van der Waals surface area contributed by atoms with Gasteiger partial charge in [-0.2, -0.15) is 4.98 Å². The molecule has 0 amide bonds. The van der Waals surface area contributed by atoms with Gasteiger partial charge in [0.05, 0.1) is 0 Å². The van der Waals surface area contributed by atoms with Gasteiger partial charge in [0.25, 0.3) is 0 Å². The highest BCUT2D eigenvalue weighted by atomic mass is 35.5. The summed E-state index contributed by atoms with van der Waals surface area (Å²) in [4.78, 5) is 13.7. The summed E-state index contributed by atoms with van der Waals surface area (Å²) in [6, 6.07) is 18.2. The molecule has 1 N–H and O–H groups in total. The minimum Gasteiger partial charge on any atom is -0.368 e. The van der Waals surface area contributed by atoms with Crippen molar-refractivity contribution in [3.05, 3.63) is 71.4 Å². The molecule has 1 fully saturated rings. The third-order valence-electron chi connectivity index (χ3n) is 4.69. The molecule has 2 aromatic carbocycles. The molecule has 0 spiro atoms. The number of nitrogens with one attached hydrogen (secondary N) is 1. The second-order valence-corrected chi connectivity index (χ2v) is 7.12. The quantitative estimate of drug-likeness (QED) is 0.722. The van der Waals surface area contributed by atoms with Crippen LogP contribution in [0.25, 0.3) is 0 Å². The number of halogens is 1. The Morgan fingerprint density at radius 1 is 0.926 bits per heavy atom. The summed E-state index contributed by atoms with van der Waals surface area (Å²) in [7, 11) is 0. The van der Waals surface area contributed by atoms with Crippen LogP contribution in [0.5, 0.6) is 0 Å². The minimum absolute atomic E-state index is 0.621. The summed E-state index contributed by atoms with van der Waals surface area (Å²) in [5.74, 6) is 1.57. The van der Waals surface area contributed by atoms with Crippen molar-refractivity contribution in [1.29, 1.82) is 0 Å². The Morgan fingerprint density at radius 3 is 2.48 bits per heavy atom. The second kappa shape index (κ2) is 7.84. The van der Waals surface area contributed by atoms with Crippen molar-refractivity contribution in [2.75, 3.05) is 41.3 Å². The van der Waals surface area contributed by atoms with Crippen LogP contribution in [0.3, 0.4) is 0 Å². The number of piperazine rings is 1. The number of hydrogen-bond donors (Lipinski definition) is 1. The standard InChI is InChI=1S/C21H22ClN5/c1-16-4-2-6-18(14-16)24-21-23-9-8-20(25-21)27-12-10-26(11-13-27)19-7-3-5-17(22)15-19/h2-9,14-15H,10-13H2,1H3,(H,23,24,25). The van der Waals surface area contributed by atoms with E-state index in [2.05, 4.69) is 45.2 Å². The lowest BCUT2D eigenvalue weighted by Crippen LogP contribution is -2.46. The highest BCUT2D eigenvalue weighted by Crippen LogP contribution is 2.23. The lowest BCUT2D eigenvalue weighted by molar-refractivity contribution is 0.647. The molecule has 0 unspecified atom stereocenters. The highest BCUT2D eigenvalue weighted by Gasteiger charge is 2.19. The van der Waals surface area contributed by atoms with E-state index in [-0.39, 0.29) is 0 Å². The Balaban J connectivity index is 1.42. The maximum Gasteiger partial charge on any atom is 0.229 e. The number of benzene rings is 2. The van der Waals surface area contributed by atoms with Crippen LogP contribution in [0, 0.1) is 6.92 Å². The van der Waals surface area contributed by atoms with Crippen LogP contribution in [0.4, 0.5) is 23.1 Å². The predicted molar refractivity (Wildman–Crippen MR) is 112 cm³/mol. The van der Waals surface area contributed by atoms with E-state index >= 15 is 0 Å². The van der Waals surface area contributed by atoms with Crippen molar-refractivity contribution >= 4 is 34.7 Å². The third-order valence-corrected chi connectivity index (χ3v) is 4.93. The molecule has 4 rings (SSSR count). The first-order valence-electron chi connectivity index (χ1n) is 9.09. The molecule has 27 heavy (non-hydrogen) atoms. The lowest BCUT2D eigenvalue weighted by Gasteiger charge is -2.36. The number of aryl methyl sites for hydroxylation is 1. The van der Waals surface area contributed by atoms with E-state index in [0.717, 1.165) is 42.7 Å². The molecule has 0 atom stereocenters. The normalized spacial score (nSPS) is 14.3. The molecule has 1 aromatic heterocycles. The Bertz CT molecular complexity index is 922. The minimum atomic E-state index is 0.621. The molecule has 1 saturated heterocycles. The van der Waals surface area contributed by atoms with Crippen LogP contribution in [0.2, 0.25) is 5.02 Å². The molecular formula is C21H22ClN5. The lowest BCUT2D eigenvalue weighted by atomic mass is 10.2. The van der Waals surface area contributed by atoms with Crippen LogP contribution in [0.1, 0.15) is 5.56 Å². The smallest absolute Gasteiger partial charge is 0.229 e. The van der Waals surface area contributed by atoms with Gasteiger partial charge in [0.1, 0.15) is 5.82 Å². The number of nitrogens with zero attached hydrogens (tertiary/aromatic N) is 4. The van der Waals surface area contributed by atoms with Gasteiger partial charge in [-0.25, -0.2) is 4.98 Å². The van der Waals surface area contributed by atoms with Gasteiger partial charge in [-0.15, -0.1) is 0 Å².